The molecule has 0 unspecified atom stereocenters. The van der Waals surface area contributed by atoms with Crippen LogP contribution in [0.15, 0.2) is 24.7 Å². The minimum Gasteiger partial charge on any atom is -0.381 e. The summed E-state index contributed by atoms with van der Waals surface area (Å²) in [5, 5.41) is -0.263. The highest BCUT2D eigenvalue weighted by atomic mass is 35.5. The van der Waals surface area contributed by atoms with Crippen LogP contribution in [-0.2, 0) is 21.8 Å². The number of imidazole rings is 1. The number of hydrogen-bond acceptors (Lipinski definition) is 5. The molecular formula is C19H24ClFN4O4S. The lowest BCUT2D eigenvalue weighted by Crippen LogP contribution is -2.44. The summed E-state index contributed by atoms with van der Waals surface area (Å²) in [6, 6.07) is 2.63. The smallest absolute Gasteiger partial charge is 0.269 e. The number of nitrogens with zero attached hydrogens (tertiary/aromatic N) is 2. The standard InChI is InChI=1S/C19H24ClFN4O4S/c1-25-9-17(22-11-25)13-7-15(18(21)16(20)8-13)19(26)23-24-30(27,28)10-12-3-5-14(29-2)6-4-12/h7-9,11-12,14,24H,3-6,10H2,1-2H3,(H,23,26). The average Bonchev–Trinajstić information content (AvgIpc) is 3.15. The van der Waals surface area contributed by atoms with Crippen molar-refractivity contribution in [1.29, 1.82) is 0 Å². The Morgan fingerprint density at radius 2 is 2.03 bits per heavy atom. The average molecular weight is 459 g/mol. The molecule has 3 rings (SSSR count). The maximum Gasteiger partial charge on any atom is 0.269 e. The fourth-order valence-electron chi connectivity index (χ4n) is 3.54. The van der Waals surface area contributed by atoms with E-state index < -0.39 is 21.7 Å². The van der Waals surface area contributed by atoms with Crippen LogP contribution in [0.5, 0.6) is 0 Å². The molecule has 1 aromatic heterocycles. The third-order valence-corrected chi connectivity index (χ3v) is 6.77. The lowest BCUT2D eigenvalue weighted by atomic mass is 9.89. The molecule has 0 spiro atoms. The summed E-state index contributed by atoms with van der Waals surface area (Å²) < 4.78 is 46.1. The number of halogens is 2. The van der Waals surface area contributed by atoms with Crippen molar-refractivity contribution in [3.63, 3.8) is 0 Å². The third-order valence-electron chi connectivity index (χ3n) is 5.18. The van der Waals surface area contributed by atoms with Crippen LogP contribution in [-0.4, -0.2) is 42.8 Å². The van der Waals surface area contributed by atoms with Crippen molar-refractivity contribution in [3.05, 3.63) is 41.1 Å². The number of benzene rings is 1. The van der Waals surface area contributed by atoms with Crippen LogP contribution in [0.1, 0.15) is 36.0 Å². The number of ether oxygens (including phenoxy) is 1. The predicted octanol–water partition coefficient (Wildman–Crippen LogP) is 2.65. The zero-order chi connectivity index (χ0) is 21.9. The molecule has 1 aromatic carbocycles. The molecule has 1 aliphatic rings. The van der Waals surface area contributed by atoms with E-state index in [-0.39, 0.29) is 28.4 Å². The first kappa shape index (κ1) is 22.7. The highest BCUT2D eigenvalue weighted by Crippen LogP contribution is 2.28. The fraction of sp³-hybridized carbons (Fsp3) is 0.474. The fourth-order valence-corrected chi connectivity index (χ4v) is 5.05. The molecule has 1 aliphatic carbocycles. The van der Waals surface area contributed by atoms with Gasteiger partial charge in [0.05, 0.1) is 34.5 Å². The number of nitrogens with one attached hydrogen (secondary N) is 2. The Kier molecular flexibility index (Phi) is 7.12. The zero-order valence-corrected chi connectivity index (χ0v) is 18.3. The number of aromatic nitrogens is 2. The van der Waals surface area contributed by atoms with E-state index in [4.69, 9.17) is 16.3 Å². The lowest BCUT2D eigenvalue weighted by Gasteiger charge is -2.27. The van der Waals surface area contributed by atoms with Gasteiger partial charge in [0.15, 0.2) is 5.82 Å². The molecule has 8 nitrogen and oxygen atoms in total. The zero-order valence-electron chi connectivity index (χ0n) is 16.7. The van der Waals surface area contributed by atoms with E-state index in [2.05, 4.69) is 15.2 Å². The molecule has 1 amide bonds. The molecule has 164 valence electrons. The van der Waals surface area contributed by atoms with Gasteiger partial charge < -0.3 is 9.30 Å². The number of hydrazine groups is 1. The molecule has 0 saturated heterocycles. The summed E-state index contributed by atoms with van der Waals surface area (Å²) in [5.41, 5.74) is 2.63. The van der Waals surface area contributed by atoms with E-state index in [1.54, 1.807) is 31.2 Å². The van der Waals surface area contributed by atoms with Crippen molar-refractivity contribution in [2.45, 2.75) is 31.8 Å². The van der Waals surface area contributed by atoms with E-state index >= 15 is 0 Å². The van der Waals surface area contributed by atoms with E-state index in [1.165, 1.54) is 12.1 Å². The molecular weight excluding hydrogens is 435 g/mol. The summed E-state index contributed by atoms with van der Waals surface area (Å²) in [4.78, 5) is 18.6. The van der Waals surface area contributed by atoms with Gasteiger partial charge in [0.25, 0.3) is 5.91 Å². The maximum absolute atomic E-state index is 14.4. The van der Waals surface area contributed by atoms with Gasteiger partial charge in [-0.05, 0) is 43.7 Å². The van der Waals surface area contributed by atoms with Crippen LogP contribution in [0.3, 0.4) is 0 Å². The molecule has 0 aliphatic heterocycles. The van der Waals surface area contributed by atoms with Gasteiger partial charge in [0.1, 0.15) is 0 Å². The maximum atomic E-state index is 14.4. The Balaban J connectivity index is 1.66. The van der Waals surface area contributed by atoms with Gasteiger partial charge in [0, 0.05) is 25.9 Å². The van der Waals surface area contributed by atoms with Gasteiger partial charge in [-0.2, -0.15) is 0 Å². The first-order valence-electron chi connectivity index (χ1n) is 9.48. The number of sulfonamides is 1. The van der Waals surface area contributed by atoms with Gasteiger partial charge in [0.2, 0.25) is 10.0 Å². The summed E-state index contributed by atoms with van der Waals surface area (Å²) in [6.07, 6.45) is 6.45. The minimum absolute atomic E-state index is 0.0236. The Morgan fingerprint density at radius 1 is 1.33 bits per heavy atom. The SMILES string of the molecule is COC1CCC(CS(=O)(=O)NNC(=O)c2cc(-c3cn(C)cn3)cc(Cl)c2F)CC1. The van der Waals surface area contributed by atoms with Crippen molar-refractivity contribution in [1.82, 2.24) is 19.8 Å². The Labute approximate surface area is 179 Å². The van der Waals surface area contributed by atoms with Crippen molar-refractivity contribution < 1.29 is 22.3 Å². The van der Waals surface area contributed by atoms with Crippen LogP contribution in [0.4, 0.5) is 4.39 Å². The van der Waals surface area contributed by atoms with Crippen molar-refractivity contribution >= 4 is 27.5 Å². The molecule has 0 radical (unpaired) electrons. The number of amides is 1. The molecule has 2 aromatic rings. The topological polar surface area (TPSA) is 102 Å². The van der Waals surface area contributed by atoms with Gasteiger partial charge in [-0.25, -0.2) is 17.8 Å². The molecule has 2 N–H and O–H groups in total. The first-order chi connectivity index (χ1) is 14.2. The van der Waals surface area contributed by atoms with Crippen LogP contribution in [0.2, 0.25) is 5.02 Å². The van der Waals surface area contributed by atoms with Crippen molar-refractivity contribution in [3.8, 4) is 11.3 Å². The first-order valence-corrected chi connectivity index (χ1v) is 11.5. The molecule has 1 saturated carbocycles. The van der Waals surface area contributed by atoms with E-state index in [9.17, 15) is 17.6 Å². The molecule has 30 heavy (non-hydrogen) atoms. The lowest BCUT2D eigenvalue weighted by molar-refractivity contribution is 0.0596. The molecule has 11 heteroatoms. The quantitative estimate of drug-likeness (QED) is 0.621. The Morgan fingerprint density at radius 3 is 2.63 bits per heavy atom. The Hall–Kier alpha value is -2.01. The highest BCUT2D eigenvalue weighted by molar-refractivity contribution is 7.89. The number of carbonyl (C=O) groups is 1. The molecule has 0 bridgehead atoms. The van der Waals surface area contributed by atoms with Gasteiger partial charge in [-0.15, -0.1) is 4.83 Å². The van der Waals surface area contributed by atoms with Crippen molar-refractivity contribution in [2.75, 3.05) is 12.9 Å². The summed E-state index contributed by atoms with van der Waals surface area (Å²) >= 11 is 5.92. The van der Waals surface area contributed by atoms with Crippen LogP contribution in [0, 0.1) is 11.7 Å². The Bertz CT molecular complexity index is 1020. The van der Waals surface area contributed by atoms with Gasteiger partial charge in [-0.1, -0.05) is 11.6 Å². The van der Waals surface area contributed by atoms with Crippen LogP contribution < -0.4 is 10.3 Å². The molecule has 0 atom stereocenters. The number of hydrogen-bond donors (Lipinski definition) is 2. The van der Waals surface area contributed by atoms with Crippen LogP contribution >= 0.6 is 11.6 Å². The molecule has 1 fully saturated rings. The number of carbonyl (C=O) groups excluding carboxylic acids is 1. The summed E-state index contributed by atoms with van der Waals surface area (Å²) in [5.74, 6) is -2.03. The molecule has 1 heterocycles. The minimum atomic E-state index is -3.78. The summed E-state index contributed by atoms with van der Waals surface area (Å²) in [7, 11) is -0.369. The highest BCUT2D eigenvalue weighted by Gasteiger charge is 2.26. The summed E-state index contributed by atoms with van der Waals surface area (Å²) in [6.45, 7) is 0. The predicted molar refractivity (Wildman–Crippen MR) is 111 cm³/mol. The second-order valence-electron chi connectivity index (χ2n) is 7.46. The number of rotatable bonds is 7. The van der Waals surface area contributed by atoms with E-state index in [0.29, 0.717) is 11.3 Å². The number of methoxy groups -OCH3 is 1. The van der Waals surface area contributed by atoms with Gasteiger partial charge >= 0.3 is 0 Å². The normalized spacial score (nSPS) is 19.6. The number of aryl methyl sites for hydroxylation is 1. The van der Waals surface area contributed by atoms with Crippen molar-refractivity contribution in [2.24, 2.45) is 13.0 Å². The van der Waals surface area contributed by atoms with Crippen LogP contribution in [0.25, 0.3) is 11.3 Å². The van der Waals surface area contributed by atoms with Gasteiger partial charge in [-0.3, -0.25) is 10.2 Å². The second-order valence-corrected chi connectivity index (χ2v) is 9.63. The largest absolute Gasteiger partial charge is 0.381 e. The van der Waals surface area contributed by atoms with E-state index in [1.807, 2.05) is 0 Å². The second kappa shape index (κ2) is 9.42. The van der Waals surface area contributed by atoms with E-state index in [0.717, 1.165) is 25.7 Å². The monoisotopic (exact) mass is 458 g/mol. The third kappa shape index (κ3) is 5.57.